The predicted molar refractivity (Wildman–Crippen MR) is 52.9 cm³/mol. The van der Waals surface area contributed by atoms with E-state index in [0.29, 0.717) is 0 Å². The highest BCUT2D eigenvalue weighted by molar-refractivity contribution is 5.70. The molecule has 0 saturated carbocycles. The molecule has 1 unspecified atom stereocenters. The second-order valence-corrected chi connectivity index (χ2v) is 3.02. The molecule has 0 aliphatic rings. The zero-order chi connectivity index (χ0) is 11.0. The Balaban J connectivity index is 2.65. The maximum Gasteiger partial charge on any atom is 0.278 e. The van der Waals surface area contributed by atoms with Gasteiger partial charge in [-0.05, 0) is 0 Å². The molecule has 2 rings (SSSR count). The number of rotatable bonds is 2. The lowest BCUT2D eigenvalue weighted by molar-refractivity contribution is 0.178. The number of aliphatic hydroxyl groups excluding tert-OH is 1. The summed E-state index contributed by atoms with van der Waals surface area (Å²) in [7, 11) is 0. The van der Waals surface area contributed by atoms with Gasteiger partial charge < -0.3 is 21.6 Å². The van der Waals surface area contributed by atoms with Gasteiger partial charge in [0.15, 0.2) is 11.2 Å². The number of imidazole rings is 1. The van der Waals surface area contributed by atoms with E-state index in [2.05, 4.69) is 19.9 Å². The molecule has 2 heterocycles. The highest BCUT2D eigenvalue weighted by Gasteiger charge is 2.13. The maximum absolute atomic E-state index is 11.4. The fourth-order valence-corrected chi connectivity index (χ4v) is 1.21. The number of aromatic nitrogens is 4. The molecular formula is C7H10N6O2. The van der Waals surface area contributed by atoms with Crippen LogP contribution in [0.4, 0.5) is 5.95 Å². The Bertz CT molecular complexity index is 544. The normalized spacial score (nSPS) is 13.2. The Morgan fingerprint density at radius 1 is 1.40 bits per heavy atom. The molecule has 0 aromatic carbocycles. The summed E-state index contributed by atoms with van der Waals surface area (Å²) in [5, 5.41) is 9.40. The molecule has 80 valence electrons. The highest BCUT2D eigenvalue weighted by Crippen LogP contribution is 2.10. The Morgan fingerprint density at radius 2 is 2.13 bits per heavy atom. The van der Waals surface area contributed by atoms with Crippen LogP contribution in [0.15, 0.2) is 4.79 Å². The summed E-state index contributed by atoms with van der Waals surface area (Å²) in [4.78, 5) is 24.0. The maximum atomic E-state index is 11.4. The predicted octanol–water partition coefficient (Wildman–Crippen LogP) is -1.78. The number of anilines is 1. The number of nitrogen functional groups attached to an aromatic ring is 1. The molecule has 1 atom stereocenters. The van der Waals surface area contributed by atoms with E-state index in [9.17, 15) is 9.90 Å². The summed E-state index contributed by atoms with van der Waals surface area (Å²) in [6.45, 7) is 0.00715. The minimum Gasteiger partial charge on any atom is -0.384 e. The van der Waals surface area contributed by atoms with Crippen molar-refractivity contribution in [1.82, 2.24) is 19.9 Å². The van der Waals surface area contributed by atoms with Crippen LogP contribution in [0.1, 0.15) is 11.9 Å². The molecular weight excluding hydrogens is 200 g/mol. The van der Waals surface area contributed by atoms with E-state index >= 15 is 0 Å². The average molecular weight is 210 g/mol. The summed E-state index contributed by atoms with van der Waals surface area (Å²) in [6, 6.07) is 0. The minimum atomic E-state index is -0.945. The first-order chi connectivity index (χ1) is 7.11. The van der Waals surface area contributed by atoms with E-state index in [0.717, 1.165) is 0 Å². The van der Waals surface area contributed by atoms with Gasteiger partial charge in [-0.1, -0.05) is 0 Å². The van der Waals surface area contributed by atoms with Crippen molar-refractivity contribution in [2.75, 3.05) is 12.3 Å². The van der Waals surface area contributed by atoms with Gasteiger partial charge in [0.2, 0.25) is 5.95 Å². The van der Waals surface area contributed by atoms with E-state index in [1.54, 1.807) is 0 Å². The molecule has 8 heteroatoms. The molecule has 0 aliphatic carbocycles. The number of nitrogens with two attached hydrogens (primary N) is 2. The van der Waals surface area contributed by atoms with Crippen molar-refractivity contribution in [3.05, 3.63) is 16.2 Å². The topological polar surface area (TPSA) is 147 Å². The van der Waals surface area contributed by atoms with Gasteiger partial charge in [0, 0.05) is 6.54 Å². The molecule has 7 N–H and O–H groups in total. The fourth-order valence-electron chi connectivity index (χ4n) is 1.21. The molecule has 0 aliphatic heterocycles. The van der Waals surface area contributed by atoms with E-state index < -0.39 is 11.7 Å². The first kappa shape index (κ1) is 9.62. The average Bonchev–Trinajstić information content (AvgIpc) is 2.60. The first-order valence-electron chi connectivity index (χ1n) is 4.25. The van der Waals surface area contributed by atoms with Crippen LogP contribution in [-0.2, 0) is 0 Å². The molecule has 0 amide bonds. The van der Waals surface area contributed by atoms with Crippen LogP contribution in [0.5, 0.6) is 0 Å². The number of fused-ring (bicyclic) bond motifs is 1. The number of nitrogens with zero attached hydrogens (tertiary/aromatic N) is 2. The van der Waals surface area contributed by atoms with Crippen molar-refractivity contribution < 1.29 is 5.11 Å². The van der Waals surface area contributed by atoms with Crippen LogP contribution < -0.4 is 17.0 Å². The number of aliphatic hydroxyl groups is 1. The van der Waals surface area contributed by atoms with Gasteiger partial charge in [-0.25, -0.2) is 4.98 Å². The quantitative estimate of drug-likeness (QED) is 0.396. The second kappa shape index (κ2) is 3.33. The second-order valence-electron chi connectivity index (χ2n) is 3.02. The first-order valence-corrected chi connectivity index (χ1v) is 4.25. The van der Waals surface area contributed by atoms with Crippen LogP contribution >= 0.6 is 0 Å². The fraction of sp³-hybridized carbons (Fsp3) is 0.286. The zero-order valence-electron chi connectivity index (χ0n) is 7.69. The van der Waals surface area contributed by atoms with E-state index in [-0.39, 0.29) is 29.5 Å². The van der Waals surface area contributed by atoms with Gasteiger partial charge in [0.1, 0.15) is 11.9 Å². The lowest BCUT2D eigenvalue weighted by Crippen LogP contribution is -2.13. The van der Waals surface area contributed by atoms with Crippen molar-refractivity contribution in [3.63, 3.8) is 0 Å². The lowest BCUT2D eigenvalue weighted by Gasteiger charge is -2.00. The molecule has 0 radical (unpaired) electrons. The van der Waals surface area contributed by atoms with Gasteiger partial charge >= 0.3 is 0 Å². The van der Waals surface area contributed by atoms with Crippen molar-refractivity contribution >= 4 is 17.1 Å². The van der Waals surface area contributed by atoms with Crippen molar-refractivity contribution in [2.45, 2.75) is 6.10 Å². The van der Waals surface area contributed by atoms with Crippen LogP contribution in [0, 0.1) is 0 Å². The lowest BCUT2D eigenvalue weighted by atomic mass is 10.3. The van der Waals surface area contributed by atoms with Gasteiger partial charge in [-0.3, -0.25) is 9.78 Å². The van der Waals surface area contributed by atoms with Crippen LogP contribution in [0.25, 0.3) is 11.2 Å². The molecule has 8 nitrogen and oxygen atoms in total. The summed E-state index contributed by atoms with van der Waals surface area (Å²) in [5.41, 5.74) is 10.5. The molecule has 0 bridgehead atoms. The minimum absolute atomic E-state index is 0.00715. The molecule has 0 saturated heterocycles. The molecule has 2 aromatic rings. The van der Waals surface area contributed by atoms with Crippen molar-refractivity contribution in [3.8, 4) is 0 Å². The Labute approximate surface area is 83.3 Å². The smallest absolute Gasteiger partial charge is 0.278 e. The number of hydrogen-bond acceptors (Lipinski definition) is 6. The Morgan fingerprint density at radius 3 is 2.80 bits per heavy atom. The number of hydrogen-bond donors (Lipinski definition) is 5. The molecule has 2 aromatic heterocycles. The monoisotopic (exact) mass is 210 g/mol. The zero-order valence-corrected chi connectivity index (χ0v) is 7.69. The van der Waals surface area contributed by atoms with Gasteiger partial charge in [-0.2, -0.15) is 4.98 Å². The largest absolute Gasteiger partial charge is 0.384 e. The number of nitrogens with one attached hydrogen (secondary N) is 2. The van der Waals surface area contributed by atoms with Crippen LogP contribution in [0.2, 0.25) is 0 Å². The van der Waals surface area contributed by atoms with Crippen LogP contribution in [0.3, 0.4) is 0 Å². The third kappa shape index (κ3) is 1.55. The third-order valence-corrected chi connectivity index (χ3v) is 1.94. The van der Waals surface area contributed by atoms with E-state index in [1.807, 2.05) is 0 Å². The SMILES string of the molecule is NCC(O)c1nc2nc(N)[nH]c(=O)c2[nH]1. The van der Waals surface area contributed by atoms with Gasteiger partial charge in [0.25, 0.3) is 5.56 Å². The van der Waals surface area contributed by atoms with Gasteiger partial charge in [-0.15, -0.1) is 0 Å². The summed E-state index contributed by atoms with van der Waals surface area (Å²) in [5.74, 6) is 0.184. The van der Waals surface area contributed by atoms with Crippen molar-refractivity contribution in [2.24, 2.45) is 5.73 Å². The molecule has 0 spiro atoms. The van der Waals surface area contributed by atoms with Crippen LogP contribution in [-0.4, -0.2) is 31.6 Å². The summed E-state index contributed by atoms with van der Waals surface area (Å²) in [6.07, 6.45) is -0.945. The van der Waals surface area contributed by atoms with Gasteiger partial charge in [0.05, 0.1) is 0 Å². The van der Waals surface area contributed by atoms with E-state index in [4.69, 9.17) is 11.5 Å². The standard InChI is InChI=1S/C7H10N6O2/c8-1-2(14)4-10-3-5(11-4)12-7(9)13-6(3)15/h2,14H,1,8H2,(H4,9,10,11,12,13,15). The molecule has 0 fully saturated rings. The highest BCUT2D eigenvalue weighted by atomic mass is 16.3. The van der Waals surface area contributed by atoms with Crippen molar-refractivity contribution in [1.29, 1.82) is 0 Å². The summed E-state index contributed by atoms with van der Waals surface area (Å²) >= 11 is 0. The number of aromatic amines is 2. The molecule has 15 heavy (non-hydrogen) atoms. The Hall–Kier alpha value is -1.93. The number of H-pyrrole nitrogens is 2. The van der Waals surface area contributed by atoms with E-state index in [1.165, 1.54) is 0 Å². The third-order valence-electron chi connectivity index (χ3n) is 1.94. The summed E-state index contributed by atoms with van der Waals surface area (Å²) < 4.78 is 0. The Kier molecular flexibility index (Phi) is 2.14.